The fourth-order valence-corrected chi connectivity index (χ4v) is 4.11. The van der Waals surface area contributed by atoms with Crippen molar-refractivity contribution in [3.63, 3.8) is 0 Å². The Balaban J connectivity index is 1.35. The quantitative estimate of drug-likeness (QED) is 0.662. The van der Waals surface area contributed by atoms with Crippen molar-refractivity contribution in [1.82, 2.24) is 4.57 Å². The molecule has 1 N–H and O–H groups in total. The number of nitrogens with zero attached hydrogens (tertiary/aromatic N) is 2. The van der Waals surface area contributed by atoms with E-state index in [0.717, 1.165) is 36.4 Å². The largest absolute Gasteiger partial charge is 0.497 e. The van der Waals surface area contributed by atoms with E-state index in [4.69, 9.17) is 14.2 Å². The summed E-state index contributed by atoms with van der Waals surface area (Å²) in [6.45, 7) is 2.30. The molecule has 2 aliphatic rings. The molecule has 0 atom stereocenters. The Morgan fingerprint density at radius 2 is 1.93 bits per heavy atom. The number of hydrogen-bond donors (Lipinski definition) is 1. The number of hydrogen-bond acceptors (Lipinski definition) is 4. The summed E-state index contributed by atoms with van der Waals surface area (Å²) in [5.41, 5.74) is 2.94. The minimum Gasteiger partial charge on any atom is -0.497 e. The molecular weight excluding hydrogens is 382 g/mol. The molecule has 0 fully saturated rings. The third-order valence-electron chi connectivity index (χ3n) is 5.52. The van der Waals surface area contributed by atoms with Crippen LogP contribution < -0.4 is 24.1 Å². The number of ether oxygens (including phenoxy) is 3. The second-order valence-corrected chi connectivity index (χ2v) is 7.45. The van der Waals surface area contributed by atoms with Gasteiger partial charge in [-0.1, -0.05) is 0 Å². The zero-order valence-corrected chi connectivity index (χ0v) is 16.9. The number of benzene rings is 2. The van der Waals surface area contributed by atoms with Crippen molar-refractivity contribution < 1.29 is 23.6 Å². The number of methoxy groups -OCH3 is 1. The van der Waals surface area contributed by atoms with E-state index >= 15 is 0 Å². The number of rotatable bonds is 5. The van der Waals surface area contributed by atoms with Crippen LogP contribution in [0.1, 0.15) is 12.2 Å². The van der Waals surface area contributed by atoms with E-state index in [-0.39, 0.29) is 12.5 Å². The normalized spacial score (nSPS) is 14.3. The lowest BCUT2D eigenvalue weighted by Crippen LogP contribution is -2.42. The molecule has 0 aliphatic carbocycles. The standard InChI is InChI=1S/C23H23N3O4/c1-28-18-7-4-16(5-8-18)19-14-25(23-3-2-10-26(19)23)15-22(27)24-17-6-9-20-21(13-17)30-12-11-29-20/h4-9,13-14H,2-3,10-12,15H2,1H3/p+1. The second kappa shape index (κ2) is 7.74. The van der Waals surface area contributed by atoms with Crippen LogP contribution >= 0.6 is 0 Å². The number of anilines is 1. The van der Waals surface area contributed by atoms with Gasteiger partial charge < -0.3 is 19.5 Å². The van der Waals surface area contributed by atoms with Gasteiger partial charge in [0.1, 0.15) is 25.2 Å². The van der Waals surface area contributed by atoms with Crippen LogP contribution in [0.25, 0.3) is 11.3 Å². The highest BCUT2D eigenvalue weighted by molar-refractivity contribution is 5.90. The van der Waals surface area contributed by atoms with Gasteiger partial charge in [0.2, 0.25) is 0 Å². The molecule has 5 rings (SSSR count). The fourth-order valence-electron chi connectivity index (χ4n) is 4.11. The first kappa shape index (κ1) is 18.5. The average Bonchev–Trinajstić information content (AvgIpc) is 3.38. The predicted octanol–water partition coefficient (Wildman–Crippen LogP) is 2.81. The molecular formula is C23H24N3O4+. The summed E-state index contributed by atoms with van der Waals surface area (Å²) in [4.78, 5) is 12.7. The fraction of sp³-hybridized carbons (Fsp3) is 0.304. The molecule has 0 radical (unpaired) electrons. The van der Waals surface area contributed by atoms with Crippen molar-refractivity contribution in [2.24, 2.45) is 0 Å². The van der Waals surface area contributed by atoms with Gasteiger partial charge in [-0.05, 0) is 42.8 Å². The maximum Gasteiger partial charge on any atom is 0.266 e. The number of nitrogens with one attached hydrogen (secondary N) is 1. The summed E-state index contributed by atoms with van der Waals surface area (Å²) in [6, 6.07) is 13.5. The topological polar surface area (TPSA) is 65.6 Å². The first-order valence-electron chi connectivity index (χ1n) is 10.2. The molecule has 0 saturated heterocycles. The smallest absolute Gasteiger partial charge is 0.266 e. The molecule has 3 aromatic rings. The molecule has 7 heteroatoms. The lowest BCUT2D eigenvalue weighted by molar-refractivity contribution is -0.690. The van der Waals surface area contributed by atoms with E-state index in [1.165, 1.54) is 5.82 Å². The highest BCUT2D eigenvalue weighted by Crippen LogP contribution is 2.32. The van der Waals surface area contributed by atoms with Crippen molar-refractivity contribution in [1.29, 1.82) is 0 Å². The second-order valence-electron chi connectivity index (χ2n) is 7.45. The van der Waals surface area contributed by atoms with Crippen LogP contribution in [0.5, 0.6) is 17.2 Å². The Morgan fingerprint density at radius 1 is 1.13 bits per heavy atom. The number of carbonyl (C=O) groups is 1. The van der Waals surface area contributed by atoms with Crippen LogP contribution in [-0.2, 0) is 24.3 Å². The summed E-state index contributed by atoms with van der Waals surface area (Å²) < 4.78 is 20.8. The number of fused-ring (bicyclic) bond motifs is 2. The lowest BCUT2D eigenvalue weighted by Gasteiger charge is -2.18. The molecule has 7 nitrogen and oxygen atoms in total. The number of imidazole rings is 1. The van der Waals surface area contributed by atoms with E-state index in [0.29, 0.717) is 30.4 Å². The molecule has 1 amide bonds. The van der Waals surface area contributed by atoms with E-state index in [9.17, 15) is 4.79 Å². The van der Waals surface area contributed by atoms with Gasteiger partial charge in [-0.2, -0.15) is 0 Å². The highest BCUT2D eigenvalue weighted by atomic mass is 16.6. The van der Waals surface area contributed by atoms with Crippen molar-refractivity contribution in [2.45, 2.75) is 25.9 Å². The number of carbonyl (C=O) groups excluding carboxylic acids is 1. The third kappa shape index (κ3) is 3.47. The maximum absolute atomic E-state index is 12.7. The molecule has 0 spiro atoms. The first-order chi connectivity index (χ1) is 14.7. The molecule has 0 unspecified atom stereocenters. The van der Waals surface area contributed by atoms with Crippen LogP contribution in [0.3, 0.4) is 0 Å². The van der Waals surface area contributed by atoms with Gasteiger partial charge in [0.25, 0.3) is 11.7 Å². The Labute approximate surface area is 174 Å². The zero-order chi connectivity index (χ0) is 20.5. The van der Waals surface area contributed by atoms with Gasteiger partial charge in [0, 0.05) is 17.3 Å². The van der Waals surface area contributed by atoms with E-state index < -0.39 is 0 Å². The first-order valence-corrected chi connectivity index (χ1v) is 10.2. The van der Waals surface area contributed by atoms with Gasteiger partial charge >= 0.3 is 0 Å². The Bertz CT molecular complexity index is 1090. The van der Waals surface area contributed by atoms with E-state index in [1.54, 1.807) is 7.11 Å². The minimum absolute atomic E-state index is 0.0711. The van der Waals surface area contributed by atoms with Gasteiger partial charge in [0.05, 0.1) is 20.1 Å². The van der Waals surface area contributed by atoms with Gasteiger partial charge in [-0.3, -0.25) is 4.79 Å². The van der Waals surface area contributed by atoms with Gasteiger partial charge in [-0.25, -0.2) is 9.13 Å². The Morgan fingerprint density at radius 3 is 2.73 bits per heavy atom. The summed E-state index contributed by atoms with van der Waals surface area (Å²) in [5, 5.41) is 2.97. The van der Waals surface area contributed by atoms with Crippen molar-refractivity contribution >= 4 is 11.6 Å². The van der Waals surface area contributed by atoms with Crippen molar-refractivity contribution in [3.05, 3.63) is 54.5 Å². The summed E-state index contributed by atoms with van der Waals surface area (Å²) in [6.07, 6.45) is 4.12. The van der Waals surface area contributed by atoms with Crippen molar-refractivity contribution in [3.8, 4) is 28.5 Å². The molecule has 2 aliphatic heterocycles. The van der Waals surface area contributed by atoms with Crippen LogP contribution in [-0.4, -0.2) is 30.8 Å². The molecule has 154 valence electrons. The van der Waals surface area contributed by atoms with E-state index in [2.05, 4.69) is 32.8 Å². The van der Waals surface area contributed by atoms with Crippen LogP contribution in [0.2, 0.25) is 0 Å². The van der Waals surface area contributed by atoms with Crippen molar-refractivity contribution in [2.75, 3.05) is 25.6 Å². The Kier molecular flexibility index (Phi) is 4.78. The molecule has 3 heterocycles. The van der Waals surface area contributed by atoms with Crippen LogP contribution in [0.15, 0.2) is 48.7 Å². The molecule has 2 aromatic carbocycles. The summed E-state index contributed by atoms with van der Waals surface area (Å²) >= 11 is 0. The van der Waals surface area contributed by atoms with E-state index in [1.807, 2.05) is 30.3 Å². The highest BCUT2D eigenvalue weighted by Gasteiger charge is 2.29. The summed E-state index contributed by atoms with van der Waals surface area (Å²) in [7, 11) is 1.66. The van der Waals surface area contributed by atoms with Gasteiger partial charge in [0.15, 0.2) is 23.7 Å². The van der Waals surface area contributed by atoms with Crippen LogP contribution in [0.4, 0.5) is 5.69 Å². The third-order valence-corrected chi connectivity index (χ3v) is 5.52. The molecule has 30 heavy (non-hydrogen) atoms. The maximum atomic E-state index is 12.7. The summed E-state index contributed by atoms with van der Waals surface area (Å²) in [5.74, 6) is 3.32. The SMILES string of the molecule is COc1ccc(-c2c[n+](CC(=O)Nc3ccc4c(c3)OCCO4)c3n2CCC3)cc1. The monoisotopic (exact) mass is 406 g/mol. The Hall–Kier alpha value is -3.48. The molecule has 0 saturated carbocycles. The van der Waals surface area contributed by atoms with Crippen LogP contribution in [0, 0.1) is 0 Å². The number of aromatic nitrogens is 2. The molecule has 0 bridgehead atoms. The zero-order valence-electron chi connectivity index (χ0n) is 16.9. The predicted molar refractivity (Wildman–Crippen MR) is 111 cm³/mol. The number of amides is 1. The minimum atomic E-state index is -0.0711. The molecule has 1 aromatic heterocycles. The lowest BCUT2D eigenvalue weighted by atomic mass is 10.1. The van der Waals surface area contributed by atoms with Gasteiger partial charge in [-0.15, -0.1) is 0 Å². The average molecular weight is 406 g/mol.